The molecular formula is C23H25FN4O2S. The van der Waals surface area contributed by atoms with Gasteiger partial charge >= 0.3 is 0 Å². The Morgan fingerprint density at radius 2 is 1.81 bits per heavy atom. The molecule has 2 aromatic carbocycles. The largest absolute Gasteiger partial charge is 0.497 e. The number of ether oxygens (including phenoxy) is 1. The van der Waals surface area contributed by atoms with Gasteiger partial charge in [0, 0.05) is 37.2 Å². The Labute approximate surface area is 185 Å². The first kappa shape index (κ1) is 21.5. The van der Waals surface area contributed by atoms with E-state index >= 15 is 0 Å². The van der Waals surface area contributed by atoms with Gasteiger partial charge in [-0.25, -0.2) is 9.38 Å². The van der Waals surface area contributed by atoms with Crippen molar-refractivity contribution in [2.45, 2.75) is 18.5 Å². The average Bonchev–Trinajstić information content (AvgIpc) is 3.14. The van der Waals surface area contributed by atoms with Crippen molar-refractivity contribution in [3.05, 3.63) is 59.9 Å². The summed E-state index contributed by atoms with van der Waals surface area (Å²) in [5, 5.41) is 3.63. The number of thioether (sulfide) groups is 1. The van der Waals surface area contributed by atoms with Crippen molar-refractivity contribution < 1.29 is 13.9 Å². The molecule has 0 unspecified atom stereocenters. The van der Waals surface area contributed by atoms with Crippen LogP contribution in [0.4, 0.5) is 10.1 Å². The predicted octanol–water partition coefficient (Wildman–Crippen LogP) is 3.83. The zero-order chi connectivity index (χ0) is 21.8. The molecule has 1 spiro atoms. The molecule has 1 N–H and O–H groups in total. The number of carbonyl (C=O) groups excluding carboxylic acids is 1. The third-order valence-electron chi connectivity index (χ3n) is 5.45. The Kier molecular flexibility index (Phi) is 6.38. The van der Waals surface area contributed by atoms with Crippen LogP contribution in [0.2, 0.25) is 0 Å². The topological polar surface area (TPSA) is 66.3 Å². The summed E-state index contributed by atoms with van der Waals surface area (Å²) in [6, 6.07) is 13.5. The summed E-state index contributed by atoms with van der Waals surface area (Å²) in [5.41, 5.74) is 1.79. The normalized spacial score (nSPS) is 17.9. The Morgan fingerprint density at radius 3 is 2.45 bits per heavy atom. The highest BCUT2D eigenvalue weighted by atomic mass is 32.2. The van der Waals surface area contributed by atoms with E-state index in [1.165, 1.54) is 23.9 Å². The van der Waals surface area contributed by atoms with Crippen LogP contribution in [0.15, 0.2) is 58.5 Å². The van der Waals surface area contributed by atoms with E-state index in [0.717, 1.165) is 48.0 Å². The summed E-state index contributed by atoms with van der Waals surface area (Å²) < 4.78 is 18.6. The lowest BCUT2D eigenvalue weighted by atomic mass is 9.99. The Hall–Kier alpha value is -2.71. The third-order valence-corrected chi connectivity index (χ3v) is 6.42. The van der Waals surface area contributed by atoms with Gasteiger partial charge in [0.2, 0.25) is 5.91 Å². The minimum Gasteiger partial charge on any atom is -0.497 e. The smallest absolute Gasteiger partial charge is 0.234 e. The van der Waals surface area contributed by atoms with Gasteiger partial charge in [0.05, 0.1) is 18.6 Å². The molecule has 31 heavy (non-hydrogen) atoms. The number of methoxy groups -OCH3 is 1. The summed E-state index contributed by atoms with van der Waals surface area (Å²) >= 11 is 1.37. The first-order valence-corrected chi connectivity index (χ1v) is 11.2. The molecule has 0 aromatic heterocycles. The lowest BCUT2D eigenvalue weighted by molar-refractivity contribution is -0.113. The van der Waals surface area contributed by atoms with Gasteiger partial charge in [-0.1, -0.05) is 11.8 Å². The number of hydrogen-bond donors (Lipinski definition) is 1. The van der Waals surface area contributed by atoms with Gasteiger partial charge in [0.15, 0.2) is 5.66 Å². The van der Waals surface area contributed by atoms with Gasteiger partial charge in [-0.3, -0.25) is 9.79 Å². The number of anilines is 1. The SMILES string of the molecule is COc1ccc(NC(=O)CSC2=NC3(CCN(C)CC3)N=C2c2ccc(F)cc2)cc1. The molecule has 162 valence electrons. The lowest BCUT2D eigenvalue weighted by Crippen LogP contribution is -2.39. The molecule has 2 aliphatic heterocycles. The fraction of sp³-hybridized carbons (Fsp3) is 0.348. The Bertz CT molecular complexity index is 997. The molecule has 2 heterocycles. The maximum absolute atomic E-state index is 13.4. The number of carbonyl (C=O) groups is 1. The van der Waals surface area contributed by atoms with Gasteiger partial charge in [-0.15, -0.1) is 0 Å². The molecule has 2 aromatic rings. The predicted molar refractivity (Wildman–Crippen MR) is 124 cm³/mol. The Morgan fingerprint density at radius 1 is 1.13 bits per heavy atom. The number of halogens is 1. The van der Waals surface area contributed by atoms with Crippen LogP contribution in [-0.2, 0) is 4.79 Å². The van der Waals surface area contributed by atoms with Crippen LogP contribution < -0.4 is 10.1 Å². The van der Waals surface area contributed by atoms with E-state index in [1.807, 2.05) is 0 Å². The molecule has 4 rings (SSSR count). The molecule has 6 nitrogen and oxygen atoms in total. The van der Waals surface area contributed by atoms with Crippen molar-refractivity contribution in [2.24, 2.45) is 9.98 Å². The fourth-order valence-corrected chi connectivity index (χ4v) is 4.50. The van der Waals surface area contributed by atoms with Crippen molar-refractivity contribution in [3.8, 4) is 5.75 Å². The van der Waals surface area contributed by atoms with Crippen LogP contribution >= 0.6 is 11.8 Å². The summed E-state index contributed by atoms with van der Waals surface area (Å²) in [6.45, 7) is 1.83. The molecule has 1 amide bonds. The van der Waals surface area contributed by atoms with Crippen molar-refractivity contribution in [1.29, 1.82) is 0 Å². The summed E-state index contributed by atoms with van der Waals surface area (Å²) in [6.07, 6.45) is 1.66. The molecule has 8 heteroatoms. The second kappa shape index (κ2) is 9.20. The number of amides is 1. The highest BCUT2D eigenvalue weighted by Gasteiger charge is 2.39. The van der Waals surface area contributed by atoms with Gasteiger partial charge < -0.3 is 15.0 Å². The second-order valence-electron chi connectivity index (χ2n) is 7.74. The van der Waals surface area contributed by atoms with Crippen LogP contribution in [0.1, 0.15) is 18.4 Å². The lowest BCUT2D eigenvalue weighted by Gasteiger charge is -2.33. The van der Waals surface area contributed by atoms with E-state index in [4.69, 9.17) is 14.7 Å². The molecule has 0 aliphatic carbocycles. The standard InChI is InChI=1S/C23H25FN4O2S/c1-28-13-11-23(12-14-28)26-21(16-3-5-17(24)6-4-16)22(27-23)31-15-20(29)25-18-7-9-19(30-2)10-8-18/h3-10H,11-15H2,1-2H3,(H,25,29). The zero-order valence-electron chi connectivity index (χ0n) is 17.6. The van der Waals surface area contributed by atoms with E-state index in [-0.39, 0.29) is 17.5 Å². The summed E-state index contributed by atoms with van der Waals surface area (Å²) in [7, 11) is 3.69. The minimum absolute atomic E-state index is 0.124. The number of rotatable bonds is 5. The number of likely N-dealkylation sites (tertiary alicyclic amines) is 1. The molecule has 2 aliphatic rings. The fourth-order valence-electron chi connectivity index (χ4n) is 3.62. The number of nitrogens with one attached hydrogen (secondary N) is 1. The maximum Gasteiger partial charge on any atom is 0.234 e. The van der Waals surface area contributed by atoms with E-state index < -0.39 is 5.66 Å². The van der Waals surface area contributed by atoms with Crippen LogP contribution in [-0.4, -0.2) is 60.2 Å². The maximum atomic E-state index is 13.4. The van der Waals surface area contributed by atoms with Crippen molar-refractivity contribution in [2.75, 3.05) is 38.3 Å². The van der Waals surface area contributed by atoms with E-state index in [1.54, 1.807) is 43.5 Å². The minimum atomic E-state index is -0.481. The second-order valence-corrected chi connectivity index (χ2v) is 8.70. The van der Waals surface area contributed by atoms with Gasteiger partial charge in [0.25, 0.3) is 0 Å². The van der Waals surface area contributed by atoms with Crippen LogP contribution in [0.3, 0.4) is 0 Å². The monoisotopic (exact) mass is 440 g/mol. The number of nitrogens with zero attached hydrogens (tertiary/aromatic N) is 3. The van der Waals surface area contributed by atoms with Crippen molar-refractivity contribution >= 4 is 34.1 Å². The average molecular weight is 441 g/mol. The van der Waals surface area contributed by atoms with E-state index in [9.17, 15) is 9.18 Å². The first-order chi connectivity index (χ1) is 15.0. The molecule has 0 saturated carbocycles. The van der Waals surface area contributed by atoms with Gasteiger partial charge in [-0.05, 0) is 55.6 Å². The summed E-state index contributed by atoms with van der Waals surface area (Å²) in [5.74, 6) is 0.527. The highest BCUT2D eigenvalue weighted by Crippen LogP contribution is 2.35. The van der Waals surface area contributed by atoms with Crippen molar-refractivity contribution in [3.63, 3.8) is 0 Å². The molecule has 1 fully saturated rings. The van der Waals surface area contributed by atoms with E-state index in [2.05, 4.69) is 17.3 Å². The molecule has 1 saturated heterocycles. The highest BCUT2D eigenvalue weighted by molar-refractivity contribution is 8.16. The van der Waals surface area contributed by atoms with E-state index in [0.29, 0.717) is 5.69 Å². The zero-order valence-corrected chi connectivity index (χ0v) is 18.4. The number of hydrogen-bond acceptors (Lipinski definition) is 6. The van der Waals surface area contributed by atoms with Crippen molar-refractivity contribution in [1.82, 2.24) is 4.90 Å². The molecule has 0 atom stereocenters. The first-order valence-electron chi connectivity index (χ1n) is 10.2. The molecule has 0 bridgehead atoms. The van der Waals surface area contributed by atoms with Gasteiger partial charge in [-0.2, -0.15) is 0 Å². The van der Waals surface area contributed by atoms with Crippen LogP contribution in [0, 0.1) is 5.82 Å². The molecular weight excluding hydrogens is 415 g/mol. The quantitative estimate of drug-likeness (QED) is 0.768. The number of aliphatic imine (C=N–C) groups is 2. The van der Waals surface area contributed by atoms with Crippen LogP contribution in [0.25, 0.3) is 0 Å². The Balaban J connectivity index is 1.48. The molecule has 0 radical (unpaired) electrons. The van der Waals surface area contributed by atoms with Gasteiger partial charge in [0.1, 0.15) is 16.6 Å². The summed E-state index contributed by atoms with van der Waals surface area (Å²) in [4.78, 5) is 24.7. The third kappa shape index (κ3) is 5.14. The number of piperidine rings is 1. The number of benzene rings is 2. The van der Waals surface area contributed by atoms with Crippen LogP contribution in [0.5, 0.6) is 5.75 Å².